The average Bonchev–Trinajstić information content (AvgIpc) is 3.29. The van der Waals surface area contributed by atoms with Gasteiger partial charge in [0, 0.05) is 13.3 Å². The summed E-state index contributed by atoms with van der Waals surface area (Å²) in [5.41, 5.74) is 0. The summed E-state index contributed by atoms with van der Waals surface area (Å²) < 4.78 is 46.9. The van der Waals surface area contributed by atoms with Crippen LogP contribution in [0.15, 0.2) is 0 Å². The normalized spacial score (nSPS) is 31.0. The predicted octanol–water partition coefficient (Wildman–Crippen LogP) is 3.28. The molecule has 0 aromatic heterocycles. The first-order chi connectivity index (χ1) is 32.9. The highest BCUT2D eigenvalue weighted by Crippen LogP contribution is 2.33. The van der Waals surface area contributed by atoms with E-state index in [1.807, 2.05) is 13.8 Å². The number of esters is 2. The van der Waals surface area contributed by atoms with E-state index in [-0.39, 0.29) is 25.0 Å². The van der Waals surface area contributed by atoms with Crippen LogP contribution in [0.25, 0.3) is 0 Å². The van der Waals surface area contributed by atoms with Crippen molar-refractivity contribution in [2.45, 2.75) is 267 Å². The van der Waals surface area contributed by atoms with E-state index >= 15 is 0 Å². The highest BCUT2D eigenvalue weighted by Gasteiger charge is 2.52. The summed E-state index contributed by atoms with van der Waals surface area (Å²) in [6, 6.07) is 0. The fourth-order valence-electron chi connectivity index (χ4n) is 8.83. The molecule has 69 heavy (non-hydrogen) atoms. The summed E-state index contributed by atoms with van der Waals surface area (Å²) in [6.07, 6.45) is -3.86. The first-order valence-electron chi connectivity index (χ1n) is 25.8. The summed E-state index contributed by atoms with van der Waals surface area (Å²) in [5, 5.41) is 95.0. The zero-order valence-electron chi connectivity index (χ0n) is 41.5. The molecule has 3 aliphatic heterocycles. The molecule has 0 aromatic rings. The molecule has 0 saturated carbocycles. The first kappa shape index (κ1) is 61.2. The van der Waals surface area contributed by atoms with Crippen LogP contribution in [0.5, 0.6) is 0 Å². The van der Waals surface area contributed by atoms with Gasteiger partial charge in [-0.25, -0.2) is 4.79 Å². The fraction of sp³-hybridized carbons (Fsp3) is 0.939. The second-order valence-electron chi connectivity index (χ2n) is 19.6. The number of unbranched alkanes of at least 4 members (excludes halogenated alkanes) is 13. The molecule has 3 aliphatic rings. The van der Waals surface area contributed by atoms with Crippen molar-refractivity contribution in [1.82, 2.24) is 0 Å². The molecule has 0 bridgehead atoms. The van der Waals surface area contributed by atoms with Crippen LogP contribution in [0, 0.1) is 5.92 Å². The number of rotatable bonds is 35. The van der Waals surface area contributed by atoms with Crippen molar-refractivity contribution in [3.8, 4) is 0 Å². The maximum absolute atomic E-state index is 12.3. The van der Waals surface area contributed by atoms with Gasteiger partial charge >= 0.3 is 17.9 Å². The lowest BCUT2D eigenvalue weighted by atomic mass is 9.98. The smallest absolute Gasteiger partial charge is 0.332 e. The molecule has 0 aromatic carbocycles. The van der Waals surface area contributed by atoms with Crippen molar-refractivity contribution >= 4 is 17.9 Å². The van der Waals surface area contributed by atoms with Crippen LogP contribution in [0.1, 0.15) is 169 Å². The van der Waals surface area contributed by atoms with Crippen LogP contribution in [-0.2, 0) is 52.3 Å². The second kappa shape index (κ2) is 33.6. The number of carboxylic acid groups (broad SMARTS) is 1. The molecule has 3 saturated heterocycles. The minimum Gasteiger partial charge on any atom is -0.479 e. The van der Waals surface area contributed by atoms with Gasteiger partial charge in [-0.05, 0) is 44.4 Å². The molecule has 0 radical (unpaired) electrons. The van der Waals surface area contributed by atoms with Gasteiger partial charge in [0.1, 0.15) is 61.5 Å². The van der Waals surface area contributed by atoms with E-state index in [0.717, 1.165) is 103 Å². The fourth-order valence-corrected chi connectivity index (χ4v) is 8.83. The number of carboxylic acids is 1. The molecular formula is C49H88O20. The van der Waals surface area contributed by atoms with Crippen LogP contribution in [-0.4, -0.2) is 182 Å². The lowest BCUT2D eigenvalue weighted by Crippen LogP contribution is -2.65. The van der Waals surface area contributed by atoms with Crippen LogP contribution in [0.2, 0.25) is 0 Å². The Morgan fingerprint density at radius 1 is 0.609 bits per heavy atom. The van der Waals surface area contributed by atoms with Gasteiger partial charge in [-0.1, -0.05) is 117 Å². The van der Waals surface area contributed by atoms with E-state index in [4.69, 9.17) is 43.0 Å². The summed E-state index contributed by atoms with van der Waals surface area (Å²) in [5.74, 6) is -2.51. The number of carbonyl (C=O) groups is 3. The van der Waals surface area contributed by atoms with Crippen molar-refractivity contribution in [2.75, 3.05) is 19.8 Å². The Bertz CT molecular complexity index is 1410. The highest BCUT2D eigenvalue weighted by molar-refractivity contribution is 5.71. The number of aliphatic hydroxyl groups excluding tert-OH is 8. The van der Waals surface area contributed by atoms with Crippen molar-refractivity contribution < 1.29 is 98.2 Å². The first-order valence-corrected chi connectivity index (χ1v) is 25.8. The second-order valence-corrected chi connectivity index (χ2v) is 19.6. The molecule has 2 unspecified atom stereocenters. The minimum absolute atomic E-state index is 0.0192. The Kier molecular flexibility index (Phi) is 29.7. The van der Waals surface area contributed by atoms with Gasteiger partial charge in [0.05, 0.1) is 25.4 Å². The monoisotopic (exact) mass is 997 g/mol. The minimum atomic E-state index is -1.90. The standard InChI is InChI=1S/C49H88O20/c1-5-6-7-18-23-33(24-20-22-32(51)21-17-15-13-11-9-8-10-12-14-16-19-25-34(52)46(60)61)66-48-44(39(55)35(53)27-63-48)69-49-45(41(57)37(29-64-49)65-31(4)50)68-47-43(59)42(58)40(56)36(67-47)28-62-38(54)26-30(2)3/h30,32-37,39-45,47-49,51-53,55-59H,5-29H2,1-4H3,(H,60,61)/t32-,33+,34-,35+,36+,37+,39-,40+,41-,42-,43+,44+,45+,47?,48?,49-/m1/s1. The molecule has 404 valence electrons. The molecule has 3 heterocycles. The summed E-state index contributed by atoms with van der Waals surface area (Å²) in [7, 11) is 0. The third-order valence-electron chi connectivity index (χ3n) is 13.0. The van der Waals surface area contributed by atoms with E-state index in [0.29, 0.717) is 38.5 Å². The molecule has 16 atom stereocenters. The molecule has 20 nitrogen and oxygen atoms in total. The van der Waals surface area contributed by atoms with Crippen LogP contribution in [0.4, 0.5) is 0 Å². The van der Waals surface area contributed by atoms with E-state index in [9.17, 15) is 55.2 Å². The quantitative estimate of drug-likeness (QED) is 0.0325. The lowest BCUT2D eigenvalue weighted by Gasteiger charge is -2.46. The summed E-state index contributed by atoms with van der Waals surface area (Å²) in [6.45, 7) is 5.68. The van der Waals surface area contributed by atoms with Gasteiger partial charge in [0.25, 0.3) is 0 Å². The van der Waals surface area contributed by atoms with Crippen LogP contribution >= 0.6 is 0 Å². The van der Waals surface area contributed by atoms with E-state index in [1.165, 1.54) is 0 Å². The number of hydrogen-bond acceptors (Lipinski definition) is 19. The van der Waals surface area contributed by atoms with Gasteiger partial charge in [-0.15, -0.1) is 0 Å². The van der Waals surface area contributed by atoms with Crippen LogP contribution < -0.4 is 0 Å². The number of hydrogen-bond donors (Lipinski definition) is 9. The molecule has 20 heteroatoms. The lowest BCUT2D eigenvalue weighted by molar-refractivity contribution is -0.380. The van der Waals surface area contributed by atoms with Gasteiger partial charge in [-0.2, -0.15) is 0 Å². The molecule has 3 rings (SSSR count). The summed E-state index contributed by atoms with van der Waals surface area (Å²) in [4.78, 5) is 35.0. The Morgan fingerprint density at radius 2 is 1.14 bits per heavy atom. The Morgan fingerprint density at radius 3 is 1.75 bits per heavy atom. The number of aliphatic carboxylic acids is 1. The zero-order chi connectivity index (χ0) is 50.9. The van der Waals surface area contributed by atoms with Gasteiger partial charge in [-0.3, -0.25) is 9.59 Å². The molecule has 3 fully saturated rings. The van der Waals surface area contributed by atoms with Crippen molar-refractivity contribution in [2.24, 2.45) is 5.92 Å². The molecule has 0 aliphatic carbocycles. The average molecular weight is 997 g/mol. The highest BCUT2D eigenvalue weighted by atomic mass is 16.8. The third kappa shape index (κ3) is 22.7. The molecule has 9 N–H and O–H groups in total. The molecular weight excluding hydrogens is 909 g/mol. The topological polar surface area (TPSA) is 307 Å². The number of ether oxygens (including phenoxy) is 8. The maximum atomic E-state index is 12.3. The molecule has 0 amide bonds. The van der Waals surface area contributed by atoms with E-state index in [2.05, 4.69) is 6.92 Å². The van der Waals surface area contributed by atoms with Gasteiger partial charge in [0.2, 0.25) is 0 Å². The van der Waals surface area contributed by atoms with E-state index in [1.54, 1.807) is 0 Å². The van der Waals surface area contributed by atoms with Crippen molar-refractivity contribution in [3.63, 3.8) is 0 Å². The molecule has 0 spiro atoms. The van der Waals surface area contributed by atoms with Crippen LogP contribution in [0.3, 0.4) is 0 Å². The maximum Gasteiger partial charge on any atom is 0.332 e. The number of aliphatic hydroxyl groups is 8. The summed E-state index contributed by atoms with van der Waals surface area (Å²) >= 11 is 0. The Hall–Kier alpha value is -2.15. The largest absolute Gasteiger partial charge is 0.479 e. The zero-order valence-corrected chi connectivity index (χ0v) is 41.5. The van der Waals surface area contributed by atoms with E-state index < -0.39 is 123 Å². The Balaban J connectivity index is 1.59. The SMILES string of the molecule is CCCCCC[C@@H](CCC[C@H](O)CCCCCCCCCCCCC[C@@H](O)C(=O)O)OC1OC[C@H](O)[C@@H](O)[C@@H]1O[C@H]1OC[C@H](OC(C)=O)[C@@H](O)[C@@H]1OC1O[C@@H](COC(=O)CC(C)C)[C@H](O)[C@@H](O)[C@@H]1O. The van der Waals surface area contributed by atoms with Gasteiger partial charge in [0.15, 0.2) is 31.1 Å². The predicted molar refractivity (Wildman–Crippen MR) is 247 cm³/mol. The van der Waals surface area contributed by atoms with Crippen molar-refractivity contribution in [3.05, 3.63) is 0 Å². The third-order valence-corrected chi connectivity index (χ3v) is 13.0. The Labute approximate surface area is 408 Å². The number of carbonyl (C=O) groups excluding carboxylic acids is 2. The van der Waals surface area contributed by atoms with Gasteiger partial charge < -0.3 is 83.9 Å². The van der Waals surface area contributed by atoms with Crippen molar-refractivity contribution in [1.29, 1.82) is 0 Å².